The fraction of sp³-hybridized carbons (Fsp3) is 0.318. The van der Waals surface area contributed by atoms with Crippen molar-refractivity contribution in [3.8, 4) is 34.5 Å². The first-order chi connectivity index (χ1) is 60.5. The van der Waals surface area contributed by atoms with Crippen LogP contribution < -0.4 is 74.6 Å². The van der Waals surface area contributed by atoms with Crippen molar-refractivity contribution >= 4 is 167 Å². The van der Waals surface area contributed by atoms with Gasteiger partial charge in [-0.3, -0.25) is 33.9 Å². The van der Waals surface area contributed by atoms with Gasteiger partial charge >= 0.3 is 12.1 Å². The Hall–Kier alpha value is -11.6. The summed E-state index contributed by atoms with van der Waals surface area (Å²) in [7, 11) is 16.7. The molecule has 3 aromatic heterocycles. The second-order valence-electron chi connectivity index (χ2n) is 28.9. The van der Waals surface area contributed by atoms with E-state index in [1.807, 2.05) is 88.5 Å². The first-order valence-electron chi connectivity index (χ1n) is 39.3. The predicted octanol–water partition coefficient (Wildman–Crippen LogP) is 15.2. The summed E-state index contributed by atoms with van der Waals surface area (Å²) in [4.78, 5) is 112. The van der Waals surface area contributed by atoms with Crippen LogP contribution in [0.4, 0.5) is 61.2 Å². The van der Waals surface area contributed by atoms with Gasteiger partial charge in [0.1, 0.15) is 97.6 Å². The Kier molecular flexibility index (Phi) is 37.9. The van der Waals surface area contributed by atoms with Crippen molar-refractivity contribution in [1.82, 2.24) is 44.0 Å². The van der Waals surface area contributed by atoms with E-state index in [1.165, 1.54) is 117 Å². The highest BCUT2D eigenvalue weighted by Crippen LogP contribution is 2.46. The van der Waals surface area contributed by atoms with Crippen LogP contribution in [0.2, 0.25) is 30.1 Å². The number of aryl methyl sites for hydroxylation is 2. The zero-order valence-corrected chi connectivity index (χ0v) is 78.2. The van der Waals surface area contributed by atoms with Crippen molar-refractivity contribution < 1.29 is 65.6 Å². The van der Waals surface area contributed by atoms with Crippen LogP contribution in [-0.4, -0.2) is 225 Å². The first-order valence-corrected chi connectivity index (χ1v) is 43.4. The number of nitrogens with zero attached hydrogens (tertiary/aromatic N) is 13. The maximum Gasteiger partial charge on any atom is 0.327 e. The van der Waals surface area contributed by atoms with Crippen molar-refractivity contribution in [2.45, 2.75) is 51.9 Å². The highest BCUT2D eigenvalue weighted by atomic mass is 35.5. The van der Waals surface area contributed by atoms with Crippen LogP contribution in [0.25, 0.3) is 0 Å². The molecule has 5 N–H and O–H groups in total. The van der Waals surface area contributed by atoms with Gasteiger partial charge in [-0.1, -0.05) is 121 Å². The van der Waals surface area contributed by atoms with Crippen LogP contribution in [-0.2, 0) is 67.7 Å². The van der Waals surface area contributed by atoms with E-state index in [0.717, 1.165) is 59.4 Å². The number of methoxy groups -OCH3 is 5. The number of likely N-dealkylation sites (N-methyl/N-ethyl adjacent to an activating group) is 2. The molecule has 6 aromatic carbocycles. The van der Waals surface area contributed by atoms with Gasteiger partial charge in [-0.15, -0.1) is 0 Å². The quantitative estimate of drug-likeness (QED) is 0.0230. The molecule has 1 fully saturated rings. The molecule has 1 aliphatic heterocycles. The third kappa shape index (κ3) is 27.9. The van der Waals surface area contributed by atoms with Crippen molar-refractivity contribution in [2.75, 3.05) is 183 Å². The lowest BCUT2D eigenvalue weighted by molar-refractivity contribution is -0.118. The lowest BCUT2D eigenvalue weighted by Gasteiger charge is -2.35. The van der Waals surface area contributed by atoms with E-state index in [4.69, 9.17) is 98.0 Å². The lowest BCUT2D eigenvalue weighted by Crippen LogP contribution is -2.48. The summed E-state index contributed by atoms with van der Waals surface area (Å²) in [5.74, 6) is 1.93. The smallest absolute Gasteiger partial charge is 0.327 e. The Bertz CT molecular complexity index is 5320. The average Bonchev–Trinajstić information content (AvgIpc) is 0.809. The molecule has 0 unspecified atom stereocenters. The molecule has 1 saturated heterocycles. The number of hydrogen-bond donors (Lipinski definition) is 5. The number of piperazine rings is 1. The summed E-state index contributed by atoms with van der Waals surface area (Å²) in [5.41, 5.74) is 9.63. The highest BCUT2D eigenvalue weighted by molar-refractivity contribution is 7.88. The summed E-state index contributed by atoms with van der Waals surface area (Å²) < 4.78 is 57.6. The molecule has 8 amide bonds. The van der Waals surface area contributed by atoms with E-state index < -0.39 is 22.1 Å². The zero-order valence-electron chi connectivity index (χ0n) is 72.9. The van der Waals surface area contributed by atoms with E-state index in [0.29, 0.717) is 149 Å². The Morgan fingerprint density at radius 3 is 1.28 bits per heavy atom. The number of halogens is 6. The molecule has 676 valence electrons. The second kappa shape index (κ2) is 47.8. The maximum absolute atomic E-state index is 13.4. The first kappa shape index (κ1) is 101. The number of hydrogen-bond acceptors (Lipinski definition) is 23. The van der Waals surface area contributed by atoms with Crippen molar-refractivity contribution in [3.05, 3.63) is 229 Å². The van der Waals surface area contributed by atoms with Crippen molar-refractivity contribution in [1.29, 1.82) is 0 Å². The van der Waals surface area contributed by atoms with Gasteiger partial charge < -0.3 is 69.7 Å². The zero-order chi connectivity index (χ0) is 93.1. The van der Waals surface area contributed by atoms with E-state index in [2.05, 4.69) is 86.0 Å². The number of anilines is 9. The van der Waals surface area contributed by atoms with Crippen LogP contribution in [0, 0.1) is 0 Å². The number of nitrogens with one attached hydrogen (secondary N) is 5. The molecule has 0 bridgehead atoms. The molecule has 0 radical (unpaired) electrons. The number of sulfonamides is 1. The fourth-order valence-corrected chi connectivity index (χ4v) is 15.3. The van der Waals surface area contributed by atoms with Gasteiger partial charge in [0, 0.05) is 143 Å². The Labute approximate surface area is 769 Å². The van der Waals surface area contributed by atoms with E-state index in [-0.39, 0.29) is 73.0 Å². The molecule has 10 rings (SSSR count). The van der Waals surface area contributed by atoms with Crippen LogP contribution in [0.3, 0.4) is 0 Å². The third-order valence-corrected chi connectivity index (χ3v) is 23.4. The Morgan fingerprint density at radius 2 is 0.866 bits per heavy atom. The fourth-order valence-electron chi connectivity index (χ4n) is 12.6. The summed E-state index contributed by atoms with van der Waals surface area (Å²) >= 11 is 38.7. The molecule has 0 saturated carbocycles. The summed E-state index contributed by atoms with van der Waals surface area (Å²) in [6, 6.07) is 25.9. The van der Waals surface area contributed by atoms with Gasteiger partial charge in [-0.05, 0) is 130 Å². The number of benzene rings is 6. The molecule has 1 aliphatic rings. The van der Waals surface area contributed by atoms with Crippen LogP contribution >= 0.6 is 69.6 Å². The van der Waals surface area contributed by atoms with Gasteiger partial charge in [0.15, 0.2) is 0 Å². The van der Waals surface area contributed by atoms with E-state index in [1.54, 1.807) is 44.4 Å². The van der Waals surface area contributed by atoms with Gasteiger partial charge in [0.05, 0.1) is 81.7 Å². The van der Waals surface area contributed by atoms with Crippen molar-refractivity contribution in [3.63, 3.8) is 0 Å². The van der Waals surface area contributed by atoms with Gasteiger partial charge in [0.2, 0.25) is 33.7 Å². The molecule has 0 aliphatic carbocycles. The molecule has 0 atom stereocenters. The number of carbonyl (C=O) groups excluding carboxylic acids is 6. The van der Waals surface area contributed by atoms with Crippen LogP contribution in [0.1, 0.15) is 63.8 Å². The summed E-state index contributed by atoms with van der Waals surface area (Å²) in [6.45, 7) is 16.6. The number of aromatic nitrogens is 6. The van der Waals surface area contributed by atoms with Crippen LogP contribution in [0.15, 0.2) is 148 Å². The third-order valence-electron chi connectivity index (χ3n) is 19.8. The molecule has 9 aromatic rings. The number of urea groups is 2. The minimum Gasteiger partial charge on any atom is -0.495 e. The maximum atomic E-state index is 13.4. The Morgan fingerprint density at radius 1 is 0.465 bits per heavy atom. The molecular formula is C88H102Cl6N18O14S. The molecule has 127 heavy (non-hydrogen) atoms. The number of ether oxygens (including phenoxy) is 6. The standard InChI is InChI=1S/C31H36Cl2N6O5S.C29H34Cl2N6O4.C28H32Cl2N6O5/c1-6-20-15-26(44-4)31(33)24(30(20)32)18-29(41)37(3)27-16-22(34-19-35-27)14-21-8-9-23(17-25(21)36-28(40)7-2)38-10-12-39(13-11-38)45(5,42)43;1-7-25(38)34-21-13-18(9-8-12-36(2)3)10-11-19(21)14-20-15-24(33-17-32-20)37(4)29(39)35-28-26(30)22(40-5)16-23(41-6)27(28)31;1-7-24(37)33-20-14-19(41-11-10-35(2)3)9-8-17(20)12-18-13-23(32-16-31-18)36(4)28(38)34-27-25(29)21(39-5)15-22(40-6)26(27)30/h7-9,15-17,19H,2,6,10-14,18H2,1,3-5H3,(H,36,40);7,10-11,13,15-17H,1,8-9,12,14H2,2-6H3,(H,34,38)(H,35,39);7-9,13-16H,1,10-12H2,2-6H3,(H,33,37)(H,34,38). The predicted molar refractivity (Wildman–Crippen MR) is 503 cm³/mol. The van der Waals surface area contributed by atoms with Gasteiger partial charge in [-0.25, -0.2) is 47.9 Å². The largest absolute Gasteiger partial charge is 0.495 e. The van der Waals surface area contributed by atoms with E-state index >= 15 is 0 Å². The number of amides is 8. The molecule has 32 nitrogen and oxygen atoms in total. The molecular weight excluding hydrogens is 1780 g/mol. The lowest BCUT2D eigenvalue weighted by atomic mass is 10.0. The van der Waals surface area contributed by atoms with E-state index in [9.17, 15) is 37.2 Å². The van der Waals surface area contributed by atoms with Gasteiger partial charge in [0.25, 0.3) is 0 Å². The number of carbonyl (C=O) groups is 6. The minimum atomic E-state index is -3.26. The summed E-state index contributed by atoms with van der Waals surface area (Å²) in [5, 5.41) is 15.2. The van der Waals surface area contributed by atoms with Crippen molar-refractivity contribution in [2.24, 2.45) is 0 Å². The Balaban J connectivity index is 0.000000236. The van der Waals surface area contributed by atoms with Crippen LogP contribution in [0.5, 0.6) is 34.5 Å². The second-order valence-corrected chi connectivity index (χ2v) is 33.2. The highest BCUT2D eigenvalue weighted by Gasteiger charge is 2.29. The summed E-state index contributed by atoms with van der Waals surface area (Å²) in [6.07, 6.45) is 12.4. The monoisotopic (exact) mass is 1880 g/mol. The normalized spacial score (nSPS) is 11.8. The molecule has 0 spiro atoms. The molecule has 39 heteroatoms. The average molecular weight is 1880 g/mol. The SMILES string of the molecule is C=CC(=O)Nc1cc(CCCN(C)C)ccc1Cc1cc(N(C)C(=O)Nc2c(Cl)c(OC)cc(OC)c2Cl)ncn1.C=CC(=O)Nc1cc(N2CCN(S(C)(=O)=O)CC2)ccc1Cc1cc(N(C)C(=O)Cc2c(Cl)c(CC)cc(OC)c2Cl)ncn1.C=CC(=O)Nc1cc(OCCN(C)C)ccc1Cc1cc(N(C)C(=O)Nc2c(Cl)c(OC)cc(OC)c2Cl)ncn1. The topological polar surface area (TPSA) is 352 Å². The minimum absolute atomic E-state index is 0.0602. The molecule has 4 heterocycles. The van der Waals surface area contributed by atoms with Gasteiger partial charge in [-0.2, -0.15) is 4.31 Å². The number of rotatable bonds is 35.